The van der Waals surface area contributed by atoms with E-state index in [0.717, 1.165) is 5.56 Å². The highest BCUT2D eigenvalue weighted by Crippen LogP contribution is 2.37. The van der Waals surface area contributed by atoms with Crippen LogP contribution in [0.15, 0.2) is 17.2 Å². The molecule has 1 aromatic carbocycles. The Labute approximate surface area is 132 Å². The molecule has 5 heteroatoms. The maximum Gasteiger partial charge on any atom is 0.203 e. The van der Waals surface area contributed by atoms with Crippen molar-refractivity contribution in [3.05, 3.63) is 17.7 Å². The Kier molecular flexibility index (Phi) is 5.52. The molecule has 1 fully saturated rings. The number of hydrogen-bond donors (Lipinski definition) is 0. The fraction of sp³-hybridized carbons (Fsp3) is 0.588. The highest BCUT2D eigenvalue weighted by molar-refractivity contribution is 5.82. The maximum absolute atomic E-state index is 5.37. The molecule has 0 spiro atoms. The number of ether oxygens (including phenoxy) is 3. The van der Waals surface area contributed by atoms with Crippen molar-refractivity contribution < 1.29 is 14.2 Å². The average molecular weight is 306 g/mol. The molecular weight excluding hydrogens is 280 g/mol. The molecule has 1 aliphatic heterocycles. The minimum atomic E-state index is 0.474. The number of methoxy groups -OCH3 is 3. The molecule has 0 aromatic heterocycles. The Morgan fingerprint density at radius 3 is 2.00 bits per heavy atom. The van der Waals surface area contributed by atoms with Crippen LogP contribution in [0.25, 0.3) is 0 Å². The lowest BCUT2D eigenvalue weighted by Gasteiger charge is -2.36. The smallest absolute Gasteiger partial charge is 0.203 e. The lowest BCUT2D eigenvalue weighted by Crippen LogP contribution is -2.39. The van der Waals surface area contributed by atoms with Crippen LogP contribution in [0.4, 0.5) is 0 Å². The monoisotopic (exact) mass is 306 g/mol. The van der Waals surface area contributed by atoms with Gasteiger partial charge in [0, 0.05) is 17.6 Å². The molecule has 5 nitrogen and oxygen atoms in total. The Morgan fingerprint density at radius 1 is 1.00 bits per heavy atom. The number of benzene rings is 1. The fourth-order valence-electron chi connectivity index (χ4n) is 2.94. The fourth-order valence-corrected chi connectivity index (χ4v) is 2.94. The van der Waals surface area contributed by atoms with Gasteiger partial charge in [0.25, 0.3) is 0 Å². The van der Waals surface area contributed by atoms with Gasteiger partial charge in [0.15, 0.2) is 11.5 Å². The van der Waals surface area contributed by atoms with Crippen molar-refractivity contribution in [2.45, 2.75) is 45.2 Å². The quantitative estimate of drug-likeness (QED) is 0.783. The Bertz CT molecular complexity index is 496. The van der Waals surface area contributed by atoms with E-state index in [9.17, 15) is 0 Å². The summed E-state index contributed by atoms with van der Waals surface area (Å²) in [5.74, 6) is 1.88. The third-order valence-corrected chi connectivity index (χ3v) is 4.17. The number of hydrazone groups is 1. The van der Waals surface area contributed by atoms with Gasteiger partial charge in [-0.2, -0.15) is 5.10 Å². The van der Waals surface area contributed by atoms with Gasteiger partial charge in [-0.25, -0.2) is 0 Å². The van der Waals surface area contributed by atoms with E-state index in [4.69, 9.17) is 14.2 Å². The number of piperidine rings is 1. The third kappa shape index (κ3) is 3.46. The van der Waals surface area contributed by atoms with E-state index in [0.29, 0.717) is 29.3 Å². The zero-order valence-corrected chi connectivity index (χ0v) is 14.1. The molecule has 0 amide bonds. The summed E-state index contributed by atoms with van der Waals surface area (Å²) in [6.45, 7) is 4.45. The van der Waals surface area contributed by atoms with Crippen molar-refractivity contribution in [2.75, 3.05) is 21.3 Å². The van der Waals surface area contributed by atoms with Crippen LogP contribution in [0.3, 0.4) is 0 Å². The van der Waals surface area contributed by atoms with Gasteiger partial charge in [0.05, 0.1) is 27.5 Å². The summed E-state index contributed by atoms with van der Waals surface area (Å²) in [7, 11) is 4.84. The maximum atomic E-state index is 5.37. The highest BCUT2D eigenvalue weighted by atomic mass is 16.5. The van der Waals surface area contributed by atoms with E-state index < -0.39 is 0 Å². The molecule has 2 atom stereocenters. The minimum Gasteiger partial charge on any atom is -0.493 e. The molecule has 1 aliphatic rings. The molecule has 1 aromatic rings. The topological polar surface area (TPSA) is 43.3 Å². The Balaban J connectivity index is 2.26. The van der Waals surface area contributed by atoms with E-state index in [1.807, 2.05) is 18.3 Å². The van der Waals surface area contributed by atoms with Crippen LogP contribution in [0.5, 0.6) is 17.2 Å². The number of hydrogen-bond acceptors (Lipinski definition) is 5. The van der Waals surface area contributed by atoms with Gasteiger partial charge >= 0.3 is 0 Å². The first-order valence-corrected chi connectivity index (χ1v) is 7.73. The molecule has 0 aliphatic carbocycles. The summed E-state index contributed by atoms with van der Waals surface area (Å²) >= 11 is 0. The van der Waals surface area contributed by atoms with Gasteiger partial charge in [-0.15, -0.1) is 0 Å². The first-order valence-electron chi connectivity index (χ1n) is 7.73. The van der Waals surface area contributed by atoms with E-state index in [1.54, 1.807) is 21.3 Å². The molecular formula is C17H26N2O3. The van der Waals surface area contributed by atoms with Crippen molar-refractivity contribution in [3.63, 3.8) is 0 Å². The van der Waals surface area contributed by atoms with Gasteiger partial charge < -0.3 is 14.2 Å². The lowest BCUT2D eigenvalue weighted by atomic mass is 10.00. The van der Waals surface area contributed by atoms with Crippen molar-refractivity contribution in [1.82, 2.24) is 5.01 Å². The Hall–Kier alpha value is -1.91. The molecule has 1 saturated heterocycles. The summed E-state index contributed by atoms with van der Waals surface area (Å²) in [6, 6.07) is 4.76. The van der Waals surface area contributed by atoms with Gasteiger partial charge in [-0.05, 0) is 45.2 Å². The molecule has 0 unspecified atom stereocenters. The molecule has 0 saturated carbocycles. The second-order valence-corrected chi connectivity index (χ2v) is 5.71. The van der Waals surface area contributed by atoms with E-state index in [2.05, 4.69) is 24.0 Å². The zero-order chi connectivity index (χ0) is 16.1. The zero-order valence-electron chi connectivity index (χ0n) is 14.1. The summed E-state index contributed by atoms with van der Waals surface area (Å²) in [5.41, 5.74) is 0.930. The standard InChI is InChI=1S/C17H26N2O3/c1-12-7-6-8-13(2)19(12)18-11-14-9-15(20-3)17(22-5)16(10-14)21-4/h9-13H,6-8H2,1-5H3/b18-11-/t12-,13+. The van der Waals surface area contributed by atoms with Crippen LogP contribution < -0.4 is 14.2 Å². The van der Waals surface area contributed by atoms with Gasteiger partial charge in [0.2, 0.25) is 5.75 Å². The molecule has 22 heavy (non-hydrogen) atoms. The lowest BCUT2D eigenvalue weighted by molar-refractivity contribution is 0.109. The predicted octanol–water partition coefficient (Wildman–Crippen LogP) is 3.31. The van der Waals surface area contributed by atoms with Crippen molar-refractivity contribution in [2.24, 2.45) is 5.10 Å². The second-order valence-electron chi connectivity index (χ2n) is 5.71. The van der Waals surface area contributed by atoms with Gasteiger partial charge in [-0.1, -0.05) is 0 Å². The van der Waals surface area contributed by atoms with Crippen molar-refractivity contribution in [3.8, 4) is 17.2 Å². The first kappa shape index (κ1) is 16.5. The number of rotatable bonds is 5. The normalized spacial score (nSPS) is 22.0. The average Bonchev–Trinajstić information content (AvgIpc) is 2.53. The first-order chi connectivity index (χ1) is 10.6. The van der Waals surface area contributed by atoms with Crippen LogP contribution >= 0.6 is 0 Å². The molecule has 2 rings (SSSR count). The number of nitrogens with zero attached hydrogens (tertiary/aromatic N) is 2. The minimum absolute atomic E-state index is 0.474. The Morgan fingerprint density at radius 2 is 1.55 bits per heavy atom. The van der Waals surface area contributed by atoms with E-state index in [1.165, 1.54) is 19.3 Å². The van der Waals surface area contributed by atoms with Crippen LogP contribution in [0.2, 0.25) is 0 Å². The van der Waals surface area contributed by atoms with Gasteiger partial charge in [-0.3, -0.25) is 5.01 Å². The van der Waals surface area contributed by atoms with Crippen LogP contribution in [0, 0.1) is 0 Å². The molecule has 0 radical (unpaired) electrons. The van der Waals surface area contributed by atoms with Crippen molar-refractivity contribution in [1.29, 1.82) is 0 Å². The summed E-state index contributed by atoms with van der Waals surface area (Å²) in [4.78, 5) is 0. The predicted molar refractivity (Wildman–Crippen MR) is 88.3 cm³/mol. The molecule has 1 heterocycles. The molecule has 0 N–H and O–H groups in total. The van der Waals surface area contributed by atoms with Crippen LogP contribution in [0.1, 0.15) is 38.7 Å². The highest BCUT2D eigenvalue weighted by Gasteiger charge is 2.22. The summed E-state index contributed by atoms with van der Waals surface area (Å²) in [6.07, 6.45) is 5.52. The largest absolute Gasteiger partial charge is 0.493 e. The van der Waals surface area contributed by atoms with Crippen molar-refractivity contribution >= 4 is 6.21 Å². The SMILES string of the molecule is COc1cc(/C=N\N2[C@H](C)CCC[C@@H]2C)cc(OC)c1OC. The molecule has 0 bridgehead atoms. The summed E-state index contributed by atoms with van der Waals surface area (Å²) < 4.78 is 16.1. The second kappa shape index (κ2) is 7.38. The van der Waals surface area contributed by atoms with E-state index >= 15 is 0 Å². The van der Waals surface area contributed by atoms with Crippen LogP contribution in [-0.4, -0.2) is 44.6 Å². The van der Waals surface area contributed by atoms with Crippen LogP contribution in [-0.2, 0) is 0 Å². The van der Waals surface area contributed by atoms with Gasteiger partial charge in [0.1, 0.15) is 0 Å². The molecule has 122 valence electrons. The third-order valence-electron chi connectivity index (χ3n) is 4.17. The summed E-state index contributed by atoms with van der Waals surface area (Å²) in [5, 5.41) is 6.87. The van der Waals surface area contributed by atoms with E-state index in [-0.39, 0.29) is 0 Å².